The van der Waals surface area contributed by atoms with E-state index in [-0.39, 0.29) is 12.1 Å². The van der Waals surface area contributed by atoms with Gasteiger partial charge in [0.15, 0.2) is 0 Å². The summed E-state index contributed by atoms with van der Waals surface area (Å²) in [4.78, 5) is 13.3. The highest BCUT2D eigenvalue weighted by molar-refractivity contribution is 7.10. The van der Waals surface area contributed by atoms with Crippen LogP contribution in [-0.4, -0.2) is 23.8 Å². The predicted octanol–water partition coefficient (Wildman–Crippen LogP) is 4.23. The molecule has 5 heteroatoms. The topological polar surface area (TPSA) is 50.4 Å². The Labute approximate surface area is 137 Å². The van der Waals surface area contributed by atoms with E-state index in [0.717, 1.165) is 19.3 Å². The van der Waals surface area contributed by atoms with Crippen molar-refractivity contribution in [3.63, 3.8) is 0 Å². The van der Waals surface area contributed by atoms with Gasteiger partial charge in [-0.25, -0.2) is 4.79 Å². The van der Waals surface area contributed by atoms with Gasteiger partial charge in [0.1, 0.15) is 5.60 Å². The van der Waals surface area contributed by atoms with Crippen LogP contribution in [0.2, 0.25) is 0 Å². The van der Waals surface area contributed by atoms with Crippen molar-refractivity contribution in [1.29, 1.82) is 0 Å². The minimum Gasteiger partial charge on any atom is -0.444 e. The number of hydrogen-bond acceptors (Lipinski definition) is 4. The van der Waals surface area contributed by atoms with Gasteiger partial charge in [0.25, 0.3) is 0 Å². The van der Waals surface area contributed by atoms with Gasteiger partial charge in [-0.1, -0.05) is 6.07 Å². The maximum absolute atomic E-state index is 11.9. The molecule has 1 aromatic rings. The zero-order valence-electron chi connectivity index (χ0n) is 14.0. The second-order valence-electron chi connectivity index (χ2n) is 7.11. The largest absolute Gasteiger partial charge is 0.444 e. The van der Waals surface area contributed by atoms with Gasteiger partial charge in [-0.05, 0) is 64.8 Å². The SMILES string of the molecule is CC(NC1CCCC(NC(=O)OC(C)(C)C)C1)c1cccs1. The minimum atomic E-state index is -0.440. The summed E-state index contributed by atoms with van der Waals surface area (Å²) in [7, 11) is 0. The maximum atomic E-state index is 11.9. The normalized spacial score (nSPS) is 23.8. The highest BCUT2D eigenvalue weighted by atomic mass is 32.1. The third-order valence-corrected chi connectivity index (χ3v) is 4.91. The molecule has 0 spiro atoms. The number of ether oxygens (including phenoxy) is 1. The van der Waals surface area contributed by atoms with Gasteiger partial charge < -0.3 is 15.4 Å². The van der Waals surface area contributed by atoms with E-state index in [0.29, 0.717) is 12.1 Å². The lowest BCUT2D eigenvalue weighted by atomic mass is 9.90. The highest BCUT2D eigenvalue weighted by Gasteiger charge is 2.26. The summed E-state index contributed by atoms with van der Waals surface area (Å²) >= 11 is 1.79. The third kappa shape index (κ3) is 5.61. The predicted molar refractivity (Wildman–Crippen MR) is 91.3 cm³/mol. The van der Waals surface area contributed by atoms with Gasteiger partial charge in [0.2, 0.25) is 0 Å². The highest BCUT2D eigenvalue weighted by Crippen LogP contribution is 2.24. The molecular weight excluding hydrogens is 296 g/mol. The van der Waals surface area contributed by atoms with E-state index < -0.39 is 5.60 Å². The lowest BCUT2D eigenvalue weighted by Crippen LogP contribution is -2.46. The molecule has 1 amide bonds. The van der Waals surface area contributed by atoms with Crippen molar-refractivity contribution in [2.75, 3.05) is 0 Å². The molecule has 22 heavy (non-hydrogen) atoms. The quantitative estimate of drug-likeness (QED) is 0.871. The van der Waals surface area contributed by atoms with Crippen molar-refractivity contribution >= 4 is 17.4 Å². The summed E-state index contributed by atoms with van der Waals surface area (Å²) in [5.74, 6) is 0. The Morgan fingerprint density at radius 3 is 2.73 bits per heavy atom. The fraction of sp³-hybridized carbons (Fsp3) is 0.706. The first-order chi connectivity index (χ1) is 10.3. The second kappa shape index (κ2) is 7.47. The summed E-state index contributed by atoms with van der Waals surface area (Å²) in [6.07, 6.45) is 4.00. The first kappa shape index (κ1) is 17.3. The molecule has 0 aromatic carbocycles. The Morgan fingerprint density at radius 2 is 2.09 bits per heavy atom. The van der Waals surface area contributed by atoms with E-state index >= 15 is 0 Å². The summed E-state index contributed by atoms with van der Waals surface area (Å²) < 4.78 is 5.35. The molecule has 0 aliphatic heterocycles. The molecule has 0 radical (unpaired) electrons. The van der Waals surface area contributed by atoms with Gasteiger partial charge in [-0.15, -0.1) is 11.3 Å². The van der Waals surface area contributed by atoms with Crippen molar-refractivity contribution in [1.82, 2.24) is 10.6 Å². The number of hydrogen-bond donors (Lipinski definition) is 2. The van der Waals surface area contributed by atoms with Crippen LogP contribution in [0.25, 0.3) is 0 Å². The number of carbonyl (C=O) groups excluding carboxylic acids is 1. The van der Waals surface area contributed by atoms with Gasteiger partial charge in [0, 0.05) is 23.0 Å². The Hall–Kier alpha value is -1.07. The molecule has 3 unspecified atom stereocenters. The average Bonchev–Trinajstić information content (AvgIpc) is 2.90. The third-order valence-electron chi connectivity index (χ3n) is 3.85. The first-order valence-corrected chi connectivity index (χ1v) is 9.00. The van der Waals surface area contributed by atoms with Crippen molar-refractivity contribution in [2.45, 2.75) is 77.1 Å². The van der Waals surface area contributed by atoms with E-state index in [2.05, 4.69) is 35.1 Å². The Bertz CT molecular complexity index is 468. The number of thiophene rings is 1. The second-order valence-corrected chi connectivity index (χ2v) is 8.09. The summed E-state index contributed by atoms with van der Waals surface area (Å²) in [5, 5.41) is 8.82. The van der Waals surface area contributed by atoms with Crippen LogP contribution in [0.3, 0.4) is 0 Å². The zero-order chi connectivity index (χ0) is 16.2. The summed E-state index contributed by atoms with van der Waals surface area (Å²) in [6.45, 7) is 7.87. The van der Waals surface area contributed by atoms with Gasteiger partial charge >= 0.3 is 6.09 Å². The van der Waals surface area contributed by atoms with Crippen molar-refractivity contribution in [3.05, 3.63) is 22.4 Å². The Balaban J connectivity index is 1.80. The van der Waals surface area contributed by atoms with Crippen LogP contribution in [0.1, 0.15) is 64.3 Å². The van der Waals surface area contributed by atoms with Crippen LogP contribution in [0.15, 0.2) is 17.5 Å². The fourth-order valence-corrected chi connectivity index (χ4v) is 3.66. The Kier molecular flexibility index (Phi) is 5.87. The van der Waals surface area contributed by atoms with E-state index in [1.54, 1.807) is 11.3 Å². The van der Waals surface area contributed by atoms with E-state index in [1.165, 1.54) is 11.3 Å². The Morgan fingerprint density at radius 1 is 1.36 bits per heavy atom. The van der Waals surface area contributed by atoms with E-state index in [1.807, 2.05) is 20.8 Å². The van der Waals surface area contributed by atoms with Crippen molar-refractivity contribution in [2.24, 2.45) is 0 Å². The lowest BCUT2D eigenvalue weighted by molar-refractivity contribution is 0.0488. The number of carbonyl (C=O) groups is 1. The molecule has 2 rings (SSSR count). The maximum Gasteiger partial charge on any atom is 0.407 e. The molecule has 1 aliphatic rings. The van der Waals surface area contributed by atoms with E-state index in [9.17, 15) is 4.79 Å². The minimum absolute atomic E-state index is 0.205. The van der Waals surface area contributed by atoms with Gasteiger partial charge in [-0.2, -0.15) is 0 Å². The van der Waals surface area contributed by atoms with Crippen LogP contribution in [-0.2, 0) is 4.74 Å². The molecule has 1 aromatic heterocycles. The van der Waals surface area contributed by atoms with Crippen LogP contribution in [0, 0.1) is 0 Å². The molecule has 3 atom stereocenters. The van der Waals surface area contributed by atoms with E-state index in [4.69, 9.17) is 4.74 Å². The molecular formula is C17H28N2O2S. The summed E-state index contributed by atoms with van der Waals surface area (Å²) in [5.41, 5.74) is -0.440. The smallest absolute Gasteiger partial charge is 0.407 e. The molecule has 0 bridgehead atoms. The molecule has 2 N–H and O–H groups in total. The van der Waals surface area contributed by atoms with Crippen molar-refractivity contribution in [3.8, 4) is 0 Å². The molecule has 1 aliphatic carbocycles. The molecule has 1 fully saturated rings. The standard InChI is InChI=1S/C17H28N2O2S/c1-12(15-9-6-10-22-15)18-13-7-5-8-14(11-13)19-16(20)21-17(2,3)4/h6,9-10,12-14,18H,5,7-8,11H2,1-4H3,(H,19,20). The molecule has 1 saturated carbocycles. The first-order valence-electron chi connectivity index (χ1n) is 8.12. The lowest BCUT2D eigenvalue weighted by Gasteiger charge is -2.32. The van der Waals surface area contributed by atoms with Crippen LogP contribution in [0.4, 0.5) is 4.79 Å². The molecule has 4 nitrogen and oxygen atoms in total. The number of rotatable bonds is 4. The van der Waals surface area contributed by atoms with Crippen molar-refractivity contribution < 1.29 is 9.53 Å². The molecule has 0 saturated heterocycles. The van der Waals surface area contributed by atoms with Gasteiger partial charge in [-0.3, -0.25) is 0 Å². The fourth-order valence-electron chi connectivity index (χ4n) is 2.92. The average molecular weight is 324 g/mol. The zero-order valence-corrected chi connectivity index (χ0v) is 14.8. The number of nitrogens with one attached hydrogen (secondary N) is 2. The number of alkyl carbamates (subject to hydrolysis) is 1. The molecule has 124 valence electrons. The monoisotopic (exact) mass is 324 g/mol. The number of amides is 1. The van der Waals surface area contributed by atoms with Crippen LogP contribution in [0.5, 0.6) is 0 Å². The van der Waals surface area contributed by atoms with Crippen LogP contribution < -0.4 is 10.6 Å². The summed E-state index contributed by atoms with van der Waals surface area (Å²) in [6, 6.07) is 5.28. The van der Waals surface area contributed by atoms with Gasteiger partial charge in [0.05, 0.1) is 0 Å². The molecule has 1 heterocycles. The van der Waals surface area contributed by atoms with Crippen LogP contribution >= 0.6 is 11.3 Å².